The predicted octanol–water partition coefficient (Wildman–Crippen LogP) is 2.21. The predicted molar refractivity (Wildman–Crippen MR) is 55.4 cm³/mol. The van der Waals surface area contributed by atoms with Gasteiger partial charge >= 0.3 is 5.97 Å². The molecule has 0 atom stereocenters. The highest BCUT2D eigenvalue weighted by Crippen LogP contribution is 2.46. The van der Waals surface area contributed by atoms with E-state index in [-0.39, 0.29) is 12.4 Å². The van der Waals surface area contributed by atoms with Crippen molar-refractivity contribution in [3.8, 4) is 0 Å². The number of aliphatic carboxylic acids is 1. The lowest BCUT2D eigenvalue weighted by molar-refractivity contribution is -0.146. The third-order valence-electron chi connectivity index (χ3n) is 2.87. The van der Waals surface area contributed by atoms with Crippen molar-refractivity contribution in [2.24, 2.45) is 5.41 Å². The van der Waals surface area contributed by atoms with Crippen LogP contribution < -0.4 is 0 Å². The zero-order valence-electron chi connectivity index (χ0n) is 8.78. The number of hydrogen-bond donors (Lipinski definition) is 1. The van der Waals surface area contributed by atoms with E-state index < -0.39 is 11.4 Å². The largest absolute Gasteiger partial charge is 0.481 e. The molecule has 86 valence electrons. The molecule has 1 aliphatic carbocycles. The lowest BCUT2D eigenvalue weighted by atomic mass is 10.1. The molecule has 1 saturated carbocycles. The van der Waals surface area contributed by atoms with Gasteiger partial charge in [0.05, 0.1) is 18.6 Å². The third kappa shape index (κ3) is 2.39. The number of carboxylic acids is 1. The molecule has 0 amide bonds. The number of rotatable bonds is 5. The summed E-state index contributed by atoms with van der Waals surface area (Å²) in [5, 5.41) is 8.91. The highest BCUT2D eigenvalue weighted by atomic mass is 19.1. The molecule has 2 rings (SSSR count). The minimum Gasteiger partial charge on any atom is -0.481 e. The Kier molecular flexibility index (Phi) is 2.92. The van der Waals surface area contributed by atoms with Crippen LogP contribution in [0.15, 0.2) is 24.3 Å². The van der Waals surface area contributed by atoms with E-state index in [1.807, 2.05) is 0 Å². The first-order chi connectivity index (χ1) is 7.62. The van der Waals surface area contributed by atoms with Gasteiger partial charge in [0.1, 0.15) is 5.82 Å². The molecule has 1 N–H and O–H groups in total. The van der Waals surface area contributed by atoms with Crippen molar-refractivity contribution < 1.29 is 19.0 Å². The Hall–Kier alpha value is -1.42. The smallest absolute Gasteiger partial charge is 0.311 e. The maximum Gasteiger partial charge on any atom is 0.311 e. The molecule has 16 heavy (non-hydrogen) atoms. The molecular formula is C12H13FO3. The molecule has 0 unspecified atom stereocenters. The van der Waals surface area contributed by atoms with E-state index in [1.165, 1.54) is 12.1 Å². The standard InChI is InChI=1S/C12H13FO3/c13-10-3-1-9(2-4-10)7-16-8-12(5-6-12)11(14)15/h1-4H,5-8H2,(H,14,15). The van der Waals surface area contributed by atoms with E-state index in [4.69, 9.17) is 9.84 Å². The molecule has 0 saturated heterocycles. The zero-order chi connectivity index (χ0) is 11.6. The van der Waals surface area contributed by atoms with Crippen LogP contribution in [0.25, 0.3) is 0 Å². The summed E-state index contributed by atoms with van der Waals surface area (Å²) in [5.74, 6) is -1.07. The van der Waals surface area contributed by atoms with Crippen molar-refractivity contribution in [2.45, 2.75) is 19.4 Å². The number of carbonyl (C=O) groups is 1. The van der Waals surface area contributed by atoms with E-state index in [0.717, 1.165) is 5.56 Å². The maximum atomic E-state index is 12.6. The summed E-state index contributed by atoms with van der Waals surface area (Å²) in [4.78, 5) is 10.8. The van der Waals surface area contributed by atoms with Crippen LogP contribution in [0, 0.1) is 11.2 Å². The molecule has 3 nitrogen and oxygen atoms in total. The summed E-state index contributed by atoms with van der Waals surface area (Å²) in [6.45, 7) is 0.565. The first kappa shape index (κ1) is 11.1. The highest BCUT2D eigenvalue weighted by molar-refractivity contribution is 5.77. The first-order valence-corrected chi connectivity index (χ1v) is 5.18. The lowest BCUT2D eigenvalue weighted by Crippen LogP contribution is -2.21. The van der Waals surface area contributed by atoms with Gasteiger partial charge < -0.3 is 9.84 Å². The Morgan fingerprint density at radius 1 is 1.38 bits per heavy atom. The van der Waals surface area contributed by atoms with Crippen LogP contribution in [0.5, 0.6) is 0 Å². The van der Waals surface area contributed by atoms with Crippen LogP contribution in [0.4, 0.5) is 4.39 Å². The van der Waals surface area contributed by atoms with E-state index in [1.54, 1.807) is 12.1 Å². The Balaban J connectivity index is 1.80. The number of hydrogen-bond acceptors (Lipinski definition) is 2. The fraction of sp³-hybridized carbons (Fsp3) is 0.417. The van der Waals surface area contributed by atoms with Crippen molar-refractivity contribution in [2.75, 3.05) is 6.61 Å². The normalized spacial score (nSPS) is 17.1. The number of benzene rings is 1. The van der Waals surface area contributed by atoms with Crippen molar-refractivity contribution in [3.63, 3.8) is 0 Å². The molecule has 1 aromatic carbocycles. The molecule has 1 aromatic rings. The van der Waals surface area contributed by atoms with Gasteiger partial charge in [-0.1, -0.05) is 12.1 Å². The van der Waals surface area contributed by atoms with Gasteiger partial charge in [0, 0.05) is 0 Å². The van der Waals surface area contributed by atoms with E-state index in [2.05, 4.69) is 0 Å². The fourth-order valence-electron chi connectivity index (χ4n) is 1.52. The molecule has 1 fully saturated rings. The topological polar surface area (TPSA) is 46.5 Å². The lowest BCUT2D eigenvalue weighted by Gasteiger charge is -2.10. The summed E-state index contributed by atoms with van der Waals surface area (Å²) < 4.78 is 17.9. The van der Waals surface area contributed by atoms with Gasteiger partial charge in [-0.15, -0.1) is 0 Å². The van der Waals surface area contributed by atoms with Crippen LogP contribution in [0.3, 0.4) is 0 Å². The number of halogens is 1. The minimum atomic E-state index is -0.786. The van der Waals surface area contributed by atoms with Gasteiger partial charge in [0.25, 0.3) is 0 Å². The Labute approximate surface area is 92.9 Å². The van der Waals surface area contributed by atoms with Gasteiger partial charge in [0.2, 0.25) is 0 Å². The molecule has 0 radical (unpaired) electrons. The quantitative estimate of drug-likeness (QED) is 0.834. The minimum absolute atomic E-state index is 0.236. The van der Waals surface area contributed by atoms with Crippen molar-refractivity contribution in [1.29, 1.82) is 0 Å². The van der Waals surface area contributed by atoms with Crippen LogP contribution in [0.1, 0.15) is 18.4 Å². The fourth-order valence-corrected chi connectivity index (χ4v) is 1.52. The van der Waals surface area contributed by atoms with E-state index >= 15 is 0 Å². The monoisotopic (exact) mass is 224 g/mol. The Bertz CT molecular complexity index is 382. The molecule has 0 aromatic heterocycles. The molecule has 1 aliphatic rings. The molecule has 0 spiro atoms. The van der Waals surface area contributed by atoms with Crippen LogP contribution in [0.2, 0.25) is 0 Å². The molecular weight excluding hydrogens is 211 g/mol. The van der Waals surface area contributed by atoms with Crippen LogP contribution in [-0.2, 0) is 16.1 Å². The SMILES string of the molecule is O=C(O)C1(COCc2ccc(F)cc2)CC1. The van der Waals surface area contributed by atoms with Crippen LogP contribution in [-0.4, -0.2) is 17.7 Å². The second-order valence-corrected chi connectivity index (χ2v) is 4.20. The zero-order valence-corrected chi connectivity index (χ0v) is 8.78. The van der Waals surface area contributed by atoms with Gasteiger partial charge in [-0.3, -0.25) is 4.79 Å². The molecule has 4 heteroatoms. The molecule has 0 bridgehead atoms. The average molecular weight is 224 g/mol. The Morgan fingerprint density at radius 3 is 2.50 bits per heavy atom. The van der Waals surface area contributed by atoms with Gasteiger partial charge in [-0.25, -0.2) is 4.39 Å². The average Bonchev–Trinajstić information content (AvgIpc) is 3.02. The second-order valence-electron chi connectivity index (χ2n) is 4.20. The summed E-state index contributed by atoms with van der Waals surface area (Å²) in [6.07, 6.45) is 1.37. The van der Waals surface area contributed by atoms with Gasteiger partial charge in [-0.2, -0.15) is 0 Å². The summed E-state index contributed by atoms with van der Waals surface area (Å²) in [7, 11) is 0. The van der Waals surface area contributed by atoms with E-state index in [0.29, 0.717) is 19.4 Å². The van der Waals surface area contributed by atoms with E-state index in [9.17, 15) is 9.18 Å². The van der Waals surface area contributed by atoms with Crippen molar-refractivity contribution in [3.05, 3.63) is 35.6 Å². The number of carboxylic acid groups (broad SMARTS) is 1. The van der Waals surface area contributed by atoms with Gasteiger partial charge in [-0.05, 0) is 30.5 Å². The first-order valence-electron chi connectivity index (χ1n) is 5.18. The van der Waals surface area contributed by atoms with Crippen LogP contribution >= 0.6 is 0 Å². The molecule has 0 heterocycles. The summed E-state index contributed by atoms with van der Waals surface area (Å²) in [6, 6.07) is 6.00. The molecule has 0 aliphatic heterocycles. The number of ether oxygens (including phenoxy) is 1. The summed E-state index contributed by atoms with van der Waals surface area (Å²) in [5.41, 5.74) is 0.197. The maximum absolute atomic E-state index is 12.6. The third-order valence-corrected chi connectivity index (χ3v) is 2.87. The second kappa shape index (κ2) is 4.22. The highest BCUT2D eigenvalue weighted by Gasteiger charge is 2.50. The Morgan fingerprint density at radius 2 is 2.00 bits per heavy atom. The summed E-state index contributed by atoms with van der Waals surface area (Å²) >= 11 is 0. The van der Waals surface area contributed by atoms with Crippen molar-refractivity contribution in [1.82, 2.24) is 0 Å². The van der Waals surface area contributed by atoms with Crippen molar-refractivity contribution >= 4 is 5.97 Å². The van der Waals surface area contributed by atoms with Gasteiger partial charge in [0.15, 0.2) is 0 Å².